The van der Waals surface area contributed by atoms with Gasteiger partial charge in [-0.3, -0.25) is 0 Å². The lowest BCUT2D eigenvalue weighted by molar-refractivity contribution is 1.18. The minimum Gasteiger partial charge on any atom is -0.309 e. The molecule has 3 heterocycles. The van der Waals surface area contributed by atoms with Crippen LogP contribution >= 0.6 is 11.3 Å². The fourth-order valence-electron chi connectivity index (χ4n) is 9.04. The molecule has 0 spiro atoms. The molecule has 3 aromatic heterocycles. The Hall–Kier alpha value is -7.20. The Morgan fingerprint density at radius 1 is 0.281 bits per heavy atom. The number of fused-ring (bicyclic) bond motifs is 10. The molecule has 0 N–H and O–H groups in total. The van der Waals surface area contributed by atoms with Gasteiger partial charge in [0.25, 0.3) is 0 Å². The highest BCUT2D eigenvalue weighted by atomic mass is 32.1. The van der Waals surface area contributed by atoms with Gasteiger partial charge < -0.3 is 9.13 Å². The van der Waals surface area contributed by atoms with Crippen LogP contribution < -0.4 is 0 Å². The molecule has 2 nitrogen and oxygen atoms in total. The molecule has 3 heteroatoms. The largest absolute Gasteiger partial charge is 0.309 e. The second kappa shape index (κ2) is 12.7. The lowest BCUT2D eigenvalue weighted by atomic mass is 9.98. The van der Waals surface area contributed by atoms with Crippen LogP contribution in [0.2, 0.25) is 0 Å². The van der Waals surface area contributed by atoms with Crippen LogP contribution in [-0.4, -0.2) is 9.13 Å². The van der Waals surface area contributed by atoms with Crippen molar-refractivity contribution in [2.75, 3.05) is 0 Å². The standard InChI is InChI=1S/C54H34N2S/c1-2-11-35(12-3-1)38-13-10-14-39(33-38)40-25-32-51-48(34-40)44-16-5-7-18-49(44)55(51)41-26-21-36(22-27-41)37-23-28-42(29-24-37)56-50-19-8-4-15-43(50)46-30-31-47-45-17-6-9-20-52(45)57-54(47)53(46)56/h1-34H. The third-order valence-corrected chi connectivity index (χ3v) is 12.9. The third kappa shape index (κ3) is 5.03. The van der Waals surface area contributed by atoms with Gasteiger partial charge in [0.05, 0.1) is 26.8 Å². The van der Waals surface area contributed by atoms with E-state index < -0.39 is 0 Å². The summed E-state index contributed by atoms with van der Waals surface area (Å²) >= 11 is 1.89. The van der Waals surface area contributed by atoms with Gasteiger partial charge in [0, 0.05) is 48.4 Å². The second-order valence-corrected chi connectivity index (χ2v) is 16.0. The zero-order valence-electron chi connectivity index (χ0n) is 30.9. The average molecular weight is 743 g/mol. The topological polar surface area (TPSA) is 9.86 Å². The van der Waals surface area contributed by atoms with Gasteiger partial charge >= 0.3 is 0 Å². The van der Waals surface area contributed by atoms with E-state index in [0.717, 1.165) is 5.69 Å². The quantitative estimate of drug-likeness (QED) is 0.166. The zero-order chi connectivity index (χ0) is 37.5. The summed E-state index contributed by atoms with van der Waals surface area (Å²) < 4.78 is 7.52. The Morgan fingerprint density at radius 2 is 0.772 bits per heavy atom. The molecule has 0 bridgehead atoms. The third-order valence-electron chi connectivity index (χ3n) is 11.7. The van der Waals surface area contributed by atoms with E-state index in [0.29, 0.717) is 0 Å². The highest BCUT2D eigenvalue weighted by Crippen LogP contribution is 2.43. The molecule has 266 valence electrons. The van der Waals surface area contributed by atoms with Gasteiger partial charge in [0.1, 0.15) is 0 Å². The fourth-order valence-corrected chi connectivity index (χ4v) is 10.3. The number of nitrogens with zero attached hydrogens (tertiary/aromatic N) is 2. The SMILES string of the molecule is c1ccc(-c2cccc(-c3ccc4c(c3)c3ccccc3n4-c3ccc(-c4ccc(-n5c6ccccc6c6ccc7c8ccccc8sc7c65)cc4)cc3)c2)cc1. The summed E-state index contributed by atoms with van der Waals surface area (Å²) in [5, 5.41) is 7.73. The van der Waals surface area contributed by atoms with E-state index in [-0.39, 0.29) is 0 Å². The van der Waals surface area contributed by atoms with Crippen molar-refractivity contribution < 1.29 is 0 Å². The molecule has 12 rings (SSSR count). The van der Waals surface area contributed by atoms with Gasteiger partial charge in [-0.2, -0.15) is 0 Å². The maximum absolute atomic E-state index is 2.46. The Morgan fingerprint density at radius 3 is 1.51 bits per heavy atom. The number of thiophene rings is 1. The predicted octanol–water partition coefficient (Wildman–Crippen LogP) is 15.2. The van der Waals surface area contributed by atoms with Crippen molar-refractivity contribution in [3.8, 4) is 44.8 Å². The van der Waals surface area contributed by atoms with Crippen LogP contribution in [-0.2, 0) is 0 Å². The average Bonchev–Trinajstić information content (AvgIpc) is 3.95. The summed E-state index contributed by atoms with van der Waals surface area (Å²) in [6.45, 7) is 0. The van der Waals surface area contributed by atoms with Crippen molar-refractivity contribution in [2.24, 2.45) is 0 Å². The summed E-state index contributed by atoms with van der Waals surface area (Å²) in [5.41, 5.74) is 14.5. The number of hydrogen-bond donors (Lipinski definition) is 0. The summed E-state index contributed by atoms with van der Waals surface area (Å²) in [4.78, 5) is 0. The number of hydrogen-bond acceptors (Lipinski definition) is 1. The normalized spacial score (nSPS) is 11.9. The lowest BCUT2D eigenvalue weighted by Gasteiger charge is -2.12. The van der Waals surface area contributed by atoms with E-state index in [1.165, 1.54) is 103 Å². The minimum absolute atomic E-state index is 1.15. The van der Waals surface area contributed by atoms with Crippen LogP contribution in [0.4, 0.5) is 0 Å². The lowest BCUT2D eigenvalue weighted by Crippen LogP contribution is -1.95. The first kappa shape index (κ1) is 32.1. The molecule has 0 aliphatic carbocycles. The fraction of sp³-hybridized carbons (Fsp3) is 0. The van der Waals surface area contributed by atoms with Crippen molar-refractivity contribution in [3.05, 3.63) is 206 Å². The van der Waals surface area contributed by atoms with E-state index in [2.05, 4.69) is 215 Å². The number of aromatic nitrogens is 2. The number of rotatable bonds is 5. The molecule has 0 atom stereocenters. The van der Waals surface area contributed by atoms with Crippen molar-refractivity contribution in [3.63, 3.8) is 0 Å². The minimum atomic E-state index is 1.15. The smallest absolute Gasteiger partial charge is 0.0719 e. The van der Waals surface area contributed by atoms with Crippen molar-refractivity contribution in [2.45, 2.75) is 0 Å². The molecule has 0 saturated heterocycles. The van der Waals surface area contributed by atoms with E-state index in [1.54, 1.807) is 0 Å². The Bertz CT molecular complexity index is 3490. The molecule has 12 aromatic rings. The first-order valence-electron chi connectivity index (χ1n) is 19.5. The highest BCUT2D eigenvalue weighted by Gasteiger charge is 2.18. The molecule has 9 aromatic carbocycles. The molecular weight excluding hydrogens is 709 g/mol. The molecule has 0 saturated carbocycles. The van der Waals surface area contributed by atoms with Crippen LogP contribution in [0, 0.1) is 0 Å². The summed E-state index contributed by atoms with van der Waals surface area (Å²) in [7, 11) is 0. The van der Waals surface area contributed by atoms with Crippen LogP contribution in [0.1, 0.15) is 0 Å². The van der Waals surface area contributed by atoms with Crippen molar-refractivity contribution in [1.29, 1.82) is 0 Å². The molecular formula is C54H34N2S. The molecule has 57 heavy (non-hydrogen) atoms. The maximum Gasteiger partial charge on any atom is 0.0719 e. The predicted molar refractivity (Wildman–Crippen MR) is 244 cm³/mol. The van der Waals surface area contributed by atoms with Crippen LogP contribution in [0.25, 0.3) is 109 Å². The second-order valence-electron chi connectivity index (χ2n) is 14.9. The van der Waals surface area contributed by atoms with Gasteiger partial charge in [-0.25, -0.2) is 0 Å². The van der Waals surface area contributed by atoms with Crippen LogP contribution in [0.3, 0.4) is 0 Å². The van der Waals surface area contributed by atoms with Crippen LogP contribution in [0.15, 0.2) is 206 Å². The molecule has 0 unspecified atom stereocenters. The van der Waals surface area contributed by atoms with E-state index >= 15 is 0 Å². The molecule has 0 aliphatic heterocycles. The van der Waals surface area contributed by atoms with E-state index in [4.69, 9.17) is 0 Å². The number of benzene rings is 9. The molecule has 0 fully saturated rings. The van der Waals surface area contributed by atoms with Crippen LogP contribution in [0.5, 0.6) is 0 Å². The summed E-state index contributed by atoms with van der Waals surface area (Å²) in [6, 6.07) is 75.5. The molecule has 0 radical (unpaired) electrons. The van der Waals surface area contributed by atoms with Crippen molar-refractivity contribution >= 4 is 75.1 Å². The van der Waals surface area contributed by atoms with E-state index in [1.807, 2.05) is 11.3 Å². The van der Waals surface area contributed by atoms with Gasteiger partial charge in [-0.1, -0.05) is 146 Å². The van der Waals surface area contributed by atoms with E-state index in [9.17, 15) is 0 Å². The van der Waals surface area contributed by atoms with Gasteiger partial charge in [0.15, 0.2) is 0 Å². The molecule has 0 amide bonds. The molecule has 0 aliphatic rings. The first-order valence-corrected chi connectivity index (χ1v) is 20.3. The van der Waals surface area contributed by atoms with Gasteiger partial charge in [-0.15, -0.1) is 11.3 Å². The van der Waals surface area contributed by atoms with Gasteiger partial charge in [0.2, 0.25) is 0 Å². The Labute approximate surface area is 333 Å². The van der Waals surface area contributed by atoms with Crippen molar-refractivity contribution in [1.82, 2.24) is 9.13 Å². The first-order chi connectivity index (χ1) is 28.3. The number of para-hydroxylation sites is 2. The summed E-state index contributed by atoms with van der Waals surface area (Å²) in [5.74, 6) is 0. The zero-order valence-corrected chi connectivity index (χ0v) is 31.7. The Balaban J connectivity index is 0.918. The maximum atomic E-state index is 2.46. The summed E-state index contributed by atoms with van der Waals surface area (Å²) in [6.07, 6.45) is 0. The highest BCUT2D eigenvalue weighted by molar-refractivity contribution is 7.26. The van der Waals surface area contributed by atoms with Gasteiger partial charge in [-0.05, 0) is 94.0 Å². The monoisotopic (exact) mass is 742 g/mol. The Kier molecular flexibility index (Phi) is 7.13.